The molecule has 0 aromatic rings. The zero-order valence-corrected chi connectivity index (χ0v) is 5.55. The van der Waals surface area contributed by atoms with Crippen LogP contribution in [-0.2, 0) is 4.74 Å². The molecule has 0 spiro atoms. The highest BCUT2D eigenvalue weighted by molar-refractivity contribution is 4.35. The maximum Gasteiger partial charge on any atom is 0.111 e. The molecule has 0 aliphatic carbocycles. The van der Waals surface area contributed by atoms with Crippen molar-refractivity contribution in [2.75, 3.05) is 20.4 Å². The molecule has 2 N–H and O–H groups in total. The zero-order valence-electron chi connectivity index (χ0n) is 5.55. The van der Waals surface area contributed by atoms with E-state index in [1.54, 1.807) is 12.1 Å². The molecule has 0 rings (SSSR count). The Labute approximate surface area is 50.4 Å². The minimum Gasteiger partial charge on any atom is -0.368 e. The second kappa shape index (κ2) is 5.03. The molecule has 0 aromatic carbocycles. The van der Waals surface area contributed by atoms with Gasteiger partial charge >= 0.3 is 0 Å². The fourth-order valence-electron chi connectivity index (χ4n) is 0.518. The Kier molecular flexibility index (Phi) is 4.95. The third-order valence-electron chi connectivity index (χ3n) is 0.806. The van der Waals surface area contributed by atoms with E-state index in [4.69, 9.17) is 10.6 Å². The summed E-state index contributed by atoms with van der Waals surface area (Å²) in [5, 5.41) is 1.64. The molecule has 0 radical (unpaired) electrons. The van der Waals surface area contributed by atoms with Gasteiger partial charge in [-0.05, 0) is 6.42 Å². The number of hydrogen-bond acceptors (Lipinski definition) is 3. The molecule has 50 valence electrons. The van der Waals surface area contributed by atoms with Crippen LogP contribution >= 0.6 is 0 Å². The van der Waals surface area contributed by atoms with E-state index in [1.165, 1.54) is 0 Å². The summed E-state index contributed by atoms with van der Waals surface area (Å²) in [4.78, 5) is 0. The number of ether oxygens (including phenoxy) is 1. The summed E-state index contributed by atoms with van der Waals surface area (Å²) < 4.78 is 4.76. The lowest BCUT2D eigenvalue weighted by Crippen LogP contribution is -2.33. The van der Waals surface area contributed by atoms with E-state index in [0.29, 0.717) is 6.73 Å². The first kappa shape index (κ1) is 7.88. The van der Waals surface area contributed by atoms with Gasteiger partial charge in [0, 0.05) is 13.7 Å². The third kappa shape index (κ3) is 4.05. The van der Waals surface area contributed by atoms with Gasteiger partial charge in [0.15, 0.2) is 0 Å². The molecule has 8 heavy (non-hydrogen) atoms. The van der Waals surface area contributed by atoms with Crippen molar-refractivity contribution in [3.8, 4) is 0 Å². The molecule has 3 heteroatoms. The first-order valence-corrected chi connectivity index (χ1v) is 2.79. The Bertz CT molecular complexity index is 43.7. The first-order chi connectivity index (χ1) is 3.81. The number of rotatable bonds is 4. The second-order valence-electron chi connectivity index (χ2n) is 1.73. The molecular formula is C5H14N2O. The quantitative estimate of drug-likeness (QED) is 0.325. The van der Waals surface area contributed by atoms with E-state index in [2.05, 4.69) is 6.92 Å². The standard InChI is InChI=1S/C5H14N2O/c1-3-4-7(6)5-8-2/h3-6H2,1-2H3. The third-order valence-corrected chi connectivity index (χ3v) is 0.806. The normalized spacial score (nSPS) is 10.5. The average molecular weight is 118 g/mol. The molecular weight excluding hydrogens is 104 g/mol. The van der Waals surface area contributed by atoms with Crippen LogP contribution in [0.3, 0.4) is 0 Å². The Morgan fingerprint density at radius 1 is 1.62 bits per heavy atom. The van der Waals surface area contributed by atoms with Crippen LogP contribution in [0.5, 0.6) is 0 Å². The number of hydrogen-bond donors (Lipinski definition) is 1. The molecule has 0 aliphatic heterocycles. The summed E-state index contributed by atoms with van der Waals surface area (Å²) in [7, 11) is 1.63. The topological polar surface area (TPSA) is 38.5 Å². The molecule has 0 heterocycles. The maximum absolute atomic E-state index is 5.40. The van der Waals surface area contributed by atoms with E-state index in [0.717, 1.165) is 13.0 Å². The van der Waals surface area contributed by atoms with Crippen LogP contribution in [0.4, 0.5) is 0 Å². The summed E-state index contributed by atoms with van der Waals surface area (Å²) >= 11 is 0. The van der Waals surface area contributed by atoms with Crippen molar-refractivity contribution >= 4 is 0 Å². The van der Waals surface area contributed by atoms with E-state index < -0.39 is 0 Å². The van der Waals surface area contributed by atoms with Gasteiger partial charge in [0.25, 0.3) is 0 Å². The monoisotopic (exact) mass is 118 g/mol. The summed E-state index contributed by atoms with van der Waals surface area (Å²) in [6.07, 6.45) is 1.07. The highest BCUT2D eigenvalue weighted by atomic mass is 16.5. The Morgan fingerprint density at radius 3 is 2.62 bits per heavy atom. The van der Waals surface area contributed by atoms with Crippen LogP contribution in [0.2, 0.25) is 0 Å². The smallest absolute Gasteiger partial charge is 0.111 e. The summed E-state index contributed by atoms with van der Waals surface area (Å²) in [5.41, 5.74) is 0. The summed E-state index contributed by atoms with van der Waals surface area (Å²) in [6, 6.07) is 0. The van der Waals surface area contributed by atoms with Crippen molar-refractivity contribution in [2.45, 2.75) is 13.3 Å². The fourth-order valence-corrected chi connectivity index (χ4v) is 0.518. The van der Waals surface area contributed by atoms with Crippen LogP contribution < -0.4 is 5.84 Å². The van der Waals surface area contributed by atoms with Gasteiger partial charge in [-0.3, -0.25) is 5.84 Å². The lowest BCUT2D eigenvalue weighted by molar-refractivity contribution is 0.0633. The summed E-state index contributed by atoms with van der Waals surface area (Å²) in [5.74, 6) is 5.40. The Balaban J connectivity index is 2.92. The van der Waals surface area contributed by atoms with Gasteiger partial charge in [-0.2, -0.15) is 0 Å². The minimum atomic E-state index is 0.522. The molecule has 0 fully saturated rings. The highest BCUT2D eigenvalue weighted by Gasteiger charge is 1.91. The fraction of sp³-hybridized carbons (Fsp3) is 1.00. The van der Waals surface area contributed by atoms with E-state index in [9.17, 15) is 0 Å². The number of nitrogens with zero attached hydrogens (tertiary/aromatic N) is 1. The number of methoxy groups -OCH3 is 1. The first-order valence-electron chi connectivity index (χ1n) is 2.79. The van der Waals surface area contributed by atoms with Crippen molar-refractivity contribution < 1.29 is 4.74 Å². The van der Waals surface area contributed by atoms with Crippen molar-refractivity contribution in [3.63, 3.8) is 0 Å². The van der Waals surface area contributed by atoms with Gasteiger partial charge in [-0.25, -0.2) is 5.01 Å². The van der Waals surface area contributed by atoms with Gasteiger partial charge in [0.2, 0.25) is 0 Å². The molecule has 0 amide bonds. The Morgan fingerprint density at radius 2 is 2.25 bits per heavy atom. The maximum atomic E-state index is 5.40. The van der Waals surface area contributed by atoms with Gasteiger partial charge in [0.1, 0.15) is 6.73 Å². The summed E-state index contributed by atoms with van der Waals surface area (Å²) in [6.45, 7) is 3.50. The predicted molar refractivity (Wildman–Crippen MR) is 33.1 cm³/mol. The molecule has 3 nitrogen and oxygen atoms in total. The lowest BCUT2D eigenvalue weighted by Gasteiger charge is -2.12. The molecule has 0 atom stereocenters. The second-order valence-corrected chi connectivity index (χ2v) is 1.73. The van der Waals surface area contributed by atoms with E-state index >= 15 is 0 Å². The SMILES string of the molecule is CCCN(N)COC. The molecule has 0 bridgehead atoms. The van der Waals surface area contributed by atoms with Crippen molar-refractivity contribution in [1.29, 1.82) is 0 Å². The molecule has 0 saturated carbocycles. The van der Waals surface area contributed by atoms with Crippen LogP contribution in [0, 0.1) is 0 Å². The molecule has 0 aromatic heterocycles. The van der Waals surface area contributed by atoms with Crippen molar-refractivity contribution in [1.82, 2.24) is 5.01 Å². The van der Waals surface area contributed by atoms with Crippen molar-refractivity contribution in [2.24, 2.45) is 5.84 Å². The Hall–Kier alpha value is -0.120. The van der Waals surface area contributed by atoms with Crippen LogP contribution in [0.1, 0.15) is 13.3 Å². The van der Waals surface area contributed by atoms with Crippen LogP contribution in [-0.4, -0.2) is 25.4 Å². The minimum absolute atomic E-state index is 0.522. The molecule has 0 unspecified atom stereocenters. The number of nitrogens with two attached hydrogens (primary N) is 1. The zero-order chi connectivity index (χ0) is 6.41. The highest BCUT2D eigenvalue weighted by Crippen LogP contribution is 1.80. The largest absolute Gasteiger partial charge is 0.368 e. The van der Waals surface area contributed by atoms with E-state index in [1.807, 2.05) is 0 Å². The van der Waals surface area contributed by atoms with Crippen LogP contribution in [0.15, 0.2) is 0 Å². The molecule has 0 aliphatic rings. The average Bonchev–Trinajstić information content (AvgIpc) is 1.68. The lowest BCUT2D eigenvalue weighted by atomic mass is 10.5. The predicted octanol–water partition coefficient (Wildman–Crippen LogP) is 0.176. The van der Waals surface area contributed by atoms with Crippen LogP contribution in [0.25, 0.3) is 0 Å². The van der Waals surface area contributed by atoms with Gasteiger partial charge in [0.05, 0.1) is 0 Å². The van der Waals surface area contributed by atoms with Gasteiger partial charge < -0.3 is 4.74 Å². The number of hydrazine groups is 1. The molecule has 0 saturated heterocycles. The van der Waals surface area contributed by atoms with Gasteiger partial charge in [-0.15, -0.1) is 0 Å². The van der Waals surface area contributed by atoms with Gasteiger partial charge in [-0.1, -0.05) is 6.92 Å². The van der Waals surface area contributed by atoms with Crippen molar-refractivity contribution in [3.05, 3.63) is 0 Å². The van der Waals surface area contributed by atoms with E-state index in [-0.39, 0.29) is 0 Å².